The highest BCUT2D eigenvalue weighted by atomic mass is 35.5. The van der Waals surface area contributed by atoms with E-state index in [9.17, 15) is 4.79 Å². The number of piperidine rings is 1. The summed E-state index contributed by atoms with van der Waals surface area (Å²) >= 11 is 7.53. The normalized spacial score (nSPS) is 14.7. The minimum atomic E-state index is -0.715. The van der Waals surface area contributed by atoms with E-state index in [-0.39, 0.29) is 12.3 Å². The number of nitrogens with one attached hydrogen (secondary N) is 1. The number of rotatable bonds is 6. The summed E-state index contributed by atoms with van der Waals surface area (Å²) in [5.41, 5.74) is 0.835. The molecule has 0 spiro atoms. The number of carboxylic acids is 1. The molecule has 1 saturated heterocycles. The second-order valence-corrected chi connectivity index (χ2v) is 8.31. The van der Waals surface area contributed by atoms with Crippen molar-refractivity contribution in [1.82, 2.24) is 15.0 Å². The lowest BCUT2D eigenvalue weighted by Crippen LogP contribution is -2.34. The number of nitrogens with zero attached hydrogens (tertiary/aromatic N) is 4. The molecule has 0 amide bonds. The van der Waals surface area contributed by atoms with Gasteiger partial charge in [-0.2, -0.15) is 0 Å². The molecule has 1 aliphatic heterocycles. The molecule has 3 aromatic heterocycles. The molecule has 7 nitrogen and oxygen atoms in total. The van der Waals surface area contributed by atoms with Gasteiger partial charge < -0.3 is 15.3 Å². The quantitative estimate of drug-likeness (QED) is 0.549. The molecule has 0 atom stereocenters. The maximum Gasteiger partial charge on any atom is 0.303 e. The van der Waals surface area contributed by atoms with Crippen LogP contribution >= 0.6 is 22.9 Å². The fraction of sp³-hybridized carbons (Fsp3) is 0.300. The van der Waals surface area contributed by atoms with Gasteiger partial charge in [0.1, 0.15) is 16.8 Å². The summed E-state index contributed by atoms with van der Waals surface area (Å²) in [7, 11) is 0. The van der Waals surface area contributed by atoms with Gasteiger partial charge in [-0.05, 0) is 43.0 Å². The lowest BCUT2D eigenvalue weighted by molar-refractivity contribution is -0.138. The van der Waals surface area contributed by atoms with Crippen molar-refractivity contribution in [2.24, 2.45) is 5.92 Å². The maximum absolute atomic E-state index is 10.9. The van der Waals surface area contributed by atoms with Gasteiger partial charge in [-0.25, -0.2) is 15.0 Å². The van der Waals surface area contributed by atoms with E-state index in [2.05, 4.69) is 25.2 Å². The third-order valence-corrected chi connectivity index (χ3v) is 6.11. The van der Waals surface area contributed by atoms with Crippen LogP contribution < -0.4 is 10.2 Å². The van der Waals surface area contributed by atoms with Gasteiger partial charge in [0.2, 0.25) is 0 Å². The Balaban J connectivity index is 1.44. The first-order valence-corrected chi connectivity index (χ1v) is 10.6. The Morgan fingerprint density at radius 2 is 1.90 bits per heavy atom. The number of anilines is 3. The summed E-state index contributed by atoms with van der Waals surface area (Å²) in [6, 6.07) is 11.1. The van der Waals surface area contributed by atoms with E-state index in [0.29, 0.717) is 16.8 Å². The number of hydrogen-bond donors (Lipinski definition) is 2. The molecular formula is C20H20ClN5O2S. The van der Waals surface area contributed by atoms with Crippen molar-refractivity contribution in [2.75, 3.05) is 23.3 Å². The minimum Gasteiger partial charge on any atom is -0.481 e. The molecule has 0 radical (unpaired) electrons. The van der Waals surface area contributed by atoms with Crippen LogP contribution in [-0.2, 0) is 4.79 Å². The van der Waals surface area contributed by atoms with Crippen molar-refractivity contribution in [3.8, 4) is 10.6 Å². The fourth-order valence-corrected chi connectivity index (χ4v) is 4.46. The van der Waals surface area contributed by atoms with Gasteiger partial charge >= 0.3 is 5.97 Å². The van der Waals surface area contributed by atoms with Crippen molar-refractivity contribution in [2.45, 2.75) is 19.3 Å². The van der Waals surface area contributed by atoms with Crippen molar-refractivity contribution < 1.29 is 9.90 Å². The van der Waals surface area contributed by atoms with Crippen LogP contribution in [0, 0.1) is 5.92 Å². The summed E-state index contributed by atoms with van der Waals surface area (Å²) in [5.74, 6) is 0.860. The molecule has 0 aliphatic carbocycles. The first-order chi connectivity index (χ1) is 14.1. The summed E-state index contributed by atoms with van der Waals surface area (Å²) < 4.78 is 0. The zero-order valence-electron chi connectivity index (χ0n) is 15.6. The average Bonchev–Trinajstić information content (AvgIpc) is 3.19. The molecule has 0 unspecified atom stereocenters. The molecule has 3 aromatic rings. The van der Waals surface area contributed by atoms with E-state index >= 15 is 0 Å². The third-order valence-electron chi connectivity index (χ3n) is 4.81. The van der Waals surface area contributed by atoms with Crippen LogP contribution in [0.1, 0.15) is 19.3 Å². The number of carbonyl (C=O) groups is 1. The number of pyridine rings is 2. The van der Waals surface area contributed by atoms with E-state index in [1.54, 1.807) is 17.4 Å². The first-order valence-electron chi connectivity index (χ1n) is 9.36. The van der Waals surface area contributed by atoms with Gasteiger partial charge in [0.25, 0.3) is 0 Å². The Hall–Kier alpha value is -2.71. The highest BCUT2D eigenvalue weighted by Crippen LogP contribution is 2.33. The molecule has 29 heavy (non-hydrogen) atoms. The molecule has 0 saturated carbocycles. The third kappa shape index (κ3) is 5.02. The Bertz CT molecular complexity index is 1000. The highest BCUT2D eigenvalue weighted by molar-refractivity contribution is 7.18. The summed E-state index contributed by atoms with van der Waals surface area (Å²) in [6.07, 6.45) is 3.85. The van der Waals surface area contributed by atoms with Gasteiger partial charge in [-0.1, -0.05) is 35.1 Å². The van der Waals surface area contributed by atoms with Crippen LogP contribution in [0.15, 0.2) is 42.6 Å². The number of carboxylic acid groups (broad SMARTS) is 1. The summed E-state index contributed by atoms with van der Waals surface area (Å²) in [6.45, 7) is 1.67. The first kappa shape index (κ1) is 19.6. The zero-order chi connectivity index (χ0) is 20.2. The fourth-order valence-electron chi connectivity index (χ4n) is 3.36. The zero-order valence-corrected chi connectivity index (χ0v) is 17.2. The number of aromatic nitrogens is 3. The Labute approximate surface area is 177 Å². The van der Waals surface area contributed by atoms with E-state index in [4.69, 9.17) is 16.7 Å². The molecule has 2 N–H and O–H groups in total. The molecule has 9 heteroatoms. The number of hydrogen-bond acceptors (Lipinski definition) is 7. The molecule has 4 heterocycles. The van der Waals surface area contributed by atoms with Crippen LogP contribution in [0.25, 0.3) is 10.6 Å². The topological polar surface area (TPSA) is 91.2 Å². The van der Waals surface area contributed by atoms with Crippen LogP contribution in [0.3, 0.4) is 0 Å². The predicted octanol–water partition coefficient (Wildman–Crippen LogP) is 4.69. The van der Waals surface area contributed by atoms with Gasteiger partial charge in [0.15, 0.2) is 5.13 Å². The number of halogens is 1. The van der Waals surface area contributed by atoms with Gasteiger partial charge in [-0.15, -0.1) is 0 Å². The highest BCUT2D eigenvalue weighted by Gasteiger charge is 2.23. The molecule has 1 aliphatic rings. The standard InChI is InChI=1S/C20H20ClN5O2S/c21-16-4-2-6-18(24-16)25-17-5-1-3-14(23-17)15-12-22-20(29-15)26-9-7-13(8-10-26)11-19(27)28/h1-6,12-13H,7-11H2,(H,27,28)(H,23,24,25). The molecule has 1 fully saturated rings. The Kier molecular flexibility index (Phi) is 5.92. The molecular weight excluding hydrogens is 410 g/mol. The van der Waals surface area contributed by atoms with Crippen molar-refractivity contribution in [3.63, 3.8) is 0 Å². The second kappa shape index (κ2) is 8.75. The Morgan fingerprint density at radius 3 is 2.62 bits per heavy atom. The SMILES string of the molecule is O=C(O)CC1CCN(c2ncc(-c3cccc(Nc4cccc(Cl)n4)n3)s2)CC1. The monoisotopic (exact) mass is 429 g/mol. The van der Waals surface area contributed by atoms with Gasteiger partial charge in [0.05, 0.1) is 10.6 Å². The van der Waals surface area contributed by atoms with E-state index in [1.165, 1.54) is 0 Å². The molecule has 4 rings (SSSR count). The van der Waals surface area contributed by atoms with Crippen LogP contribution in [-0.4, -0.2) is 39.1 Å². The lowest BCUT2D eigenvalue weighted by Gasteiger charge is -2.30. The summed E-state index contributed by atoms with van der Waals surface area (Å²) in [5, 5.41) is 13.5. The van der Waals surface area contributed by atoms with Crippen LogP contribution in [0.2, 0.25) is 5.15 Å². The minimum absolute atomic E-state index is 0.252. The number of aliphatic carboxylic acids is 1. The molecule has 0 aromatic carbocycles. The van der Waals surface area contributed by atoms with Crippen molar-refractivity contribution >= 4 is 45.7 Å². The summed E-state index contributed by atoms with van der Waals surface area (Å²) in [4.78, 5) is 27.6. The predicted molar refractivity (Wildman–Crippen MR) is 115 cm³/mol. The van der Waals surface area contributed by atoms with E-state index < -0.39 is 5.97 Å². The second-order valence-electron chi connectivity index (χ2n) is 6.91. The van der Waals surface area contributed by atoms with Gasteiger partial charge in [0, 0.05) is 25.7 Å². The average molecular weight is 430 g/mol. The molecule has 0 bridgehead atoms. The lowest BCUT2D eigenvalue weighted by atomic mass is 9.94. The Morgan fingerprint density at radius 1 is 1.17 bits per heavy atom. The van der Waals surface area contributed by atoms with E-state index in [0.717, 1.165) is 41.6 Å². The smallest absolute Gasteiger partial charge is 0.303 e. The van der Waals surface area contributed by atoms with Gasteiger partial charge in [-0.3, -0.25) is 4.79 Å². The van der Waals surface area contributed by atoms with Crippen LogP contribution in [0.5, 0.6) is 0 Å². The molecule has 150 valence electrons. The van der Waals surface area contributed by atoms with Crippen LogP contribution in [0.4, 0.5) is 16.8 Å². The van der Waals surface area contributed by atoms with E-state index in [1.807, 2.05) is 36.5 Å². The van der Waals surface area contributed by atoms with Crippen molar-refractivity contribution in [3.05, 3.63) is 47.7 Å². The van der Waals surface area contributed by atoms with Crippen molar-refractivity contribution in [1.29, 1.82) is 0 Å². The number of thiazole rings is 1. The largest absolute Gasteiger partial charge is 0.481 e. The maximum atomic E-state index is 10.9.